The number of esters is 2. The van der Waals surface area contributed by atoms with E-state index >= 15 is 0 Å². The van der Waals surface area contributed by atoms with Crippen molar-refractivity contribution in [2.75, 3.05) is 33.0 Å². The predicted octanol–water partition coefficient (Wildman–Crippen LogP) is 8.29. The Bertz CT molecular complexity index is 862. The molecule has 0 heterocycles. The van der Waals surface area contributed by atoms with Gasteiger partial charge >= 0.3 is 49.8 Å². The van der Waals surface area contributed by atoms with E-state index in [1.54, 1.807) is 0 Å². The van der Waals surface area contributed by atoms with E-state index in [2.05, 4.69) is 13.8 Å². The number of ether oxygens (including phenoxy) is 3. The third-order valence-electron chi connectivity index (χ3n) is 9.53. The van der Waals surface area contributed by atoms with E-state index in [9.17, 15) is 24.4 Å². The minimum atomic E-state index is -2.77. The largest absolute Gasteiger partial charge is 1.00 e. The number of hydrogen-bond donors (Lipinski definition) is 2. The fourth-order valence-corrected chi connectivity index (χ4v) is 6.49. The van der Waals surface area contributed by atoms with Crippen molar-refractivity contribution < 1.29 is 83.6 Å². The summed E-state index contributed by atoms with van der Waals surface area (Å²) in [6.07, 6.45) is 30.0. The molecule has 0 rings (SSSR count). The molecule has 55 heavy (non-hydrogen) atoms. The van der Waals surface area contributed by atoms with Gasteiger partial charge in [0.2, 0.25) is 0 Å². The smallest absolute Gasteiger partial charge is 1.00 e. The fourth-order valence-electron chi connectivity index (χ4n) is 6.02. The Morgan fingerprint density at radius 1 is 0.527 bits per heavy atom. The van der Waals surface area contributed by atoms with Gasteiger partial charge in [0.05, 0.1) is 24.0 Å². The second kappa shape index (κ2) is 44.9. The number of carbonyl (C=O) groups is 2. The Hall–Kier alpha value is -0.200. The van der Waals surface area contributed by atoms with E-state index < -0.39 is 32.5 Å². The zero-order valence-corrected chi connectivity index (χ0v) is 38.7. The minimum absolute atomic E-state index is 0. The molecule has 0 aliphatic carbocycles. The first kappa shape index (κ1) is 56.9. The zero-order chi connectivity index (χ0) is 39.7. The van der Waals surface area contributed by atoms with Crippen molar-refractivity contribution in [1.29, 1.82) is 0 Å². The molecule has 2 N–H and O–H groups in total. The van der Waals surface area contributed by atoms with Gasteiger partial charge in [-0.3, -0.25) is 9.59 Å². The second-order valence-electron chi connectivity index (χ2n) is 14.9. The molecule has 0 aliphatic rings. The zero-order valence-electron chi connectivity index (χ0n) is 36.8. The van der Waals surface area contributed by atoms with Crippen LogP contribution in [0.4, 0.5) is 0 Å². The van der Waals surface area contributed by atoms with Crippen molar-refractivity contribution in [1.82, 2.24) is 0 Å². The molecule has 0 aromatic heterocycles. The second-order valence-corrected chi connectivity index (χ2v) is 15.8. The third kappa shape index (κ3) is 43.2. The van der Waals surface area contributed by atoms with Gasteiger partial charge in [0.1, 0.15) is 25.9 Å². The van der Waals surface area contributed by atoms with Crippen molar-refractivity contribution >= 4 is 20.2 Å². The van der Waals surface area contributed by atoms with E-state index in [0.29, 0.717) is 12.8 Å². The molecule has 0 aliphatic heterocycles. The number of aliphatic hydroxyl groups is 2. The molecule has 0 amide bonds. The van der Waals surface area contributed by atoms with Crippen LogP contribution in [0.2, 0.25) is 0 Å². The van der Waals surface area contributed by atoms with Crippen LogP contribution in [-0.2, 0) is 42.5 Å². The van der Waals surface area contributed by atoms with Gasteiger partial charge in [-0.05, 0) is 19.3 Å². The summed E-state index contributed by atoms with van der Waals surface area (Å²) in [5.74, 6) is -0.801. The normalized spacial score (nSPS) is 13.2. The number of carbonyl (C=O) groups excluding carboxylic acids is 2. The topological polar surface area (TPSA) is 147 Å². The van der Waals surface area contributed by atoms with Gasteiger partial charge in [0.15, 0.2) is 6.10 Å². The molecule has 4 unspecified atom stereocenters. The van der Waals surface area contributed by atoms with Crippen LogP contribution in [0.1, 0.15) is 208 Å². The van der Waals surface area contributed by atoms with Gasteiger partial charge in [-0.2, -0.15) is 4.89 Å². The monoisotopic (exact) mass is 818 g/mol. The molecular weight excluding hydrogens is 734 g/mol. The Balaban J connectivity index is -0.0000140. The van der Waals surface area contributed by atoms with Crippen molar-refractivity contribution in [3.8, 4) is 0 Å². The van der Waals surface area contributed by atoms with Crippen LogP contribution in [0, 0.1) is 0 Å². The van der Waals surface area contributed by atoms with Gasteiger partial charge < -0.3 is 25.9 Å². The van der Waals surface area contributed by atoms with Crippen LogP contribution in [0.25, 0.3) is 0 Å². The third-order valence-corrected chi connectivity index (χ3v) is 10.1. The summed E-state index contributed by atoms with van der Waals surface area (Å²) in [7, 11) is -2.77. The van der Waals surface area contributed by atoms with Crippen LogP contribution in [0.15, 0.2) is 0 Å². The van der Waals surface area contributed by atoms with Gasteiger partial charge in [0.25, 0.3) is 0 Å². The summed E-state index contributed by atoms with van der Waals surface area (Å²) in [4.78, 5) is 29.9. The van der Waals surface area contributed by atoms with E-state index in [-0.39, 0.29) is 82.8 Å². The molecule has 322 valence electrons. The van der Waals surface area contributed by atoms with Gasteiger partial charge in [0, 0.05) is 17.4 Å². The maximum atomic E-state index is 12.6. The summed E-state index contributed by atoms with van der Waals surface area (Å²) < 4.78 is 38.3. The average Bonchev–Trinajstić information content (AvgIpc) is 3.16. The maximum absolute atomic E-state index is 12.6. The standard InChI is InChI=1S/C42H82O11P.Na.H/c1-4-7-9-11-13-15-17-19-21-23-25-27-29-31-41(45)49-36-40(37-51-54(47)53-50-35-39(44)34-48-33-38(43)6-3)52-42(46)32-30-28-26-24-22-20-18-16-14-12-10-8-5-2;;/h38-40,43-44H,4-37H2,1-3H3;;/q2*+1;-1. The summed E-state index contributed by atoms with van der Waals surface area (Å²) >= 11 is 0. The molecule has 0 spiro atoms. The van der Waals surface area contributed by atoms with Crippen LogP contribution in [0.3, 0.4) is 0 Å². The first-order valence-electron chi connectivity index (χ1n) is 22.0. The van der Waals surface area contributed by atoms with Crippen molar-refractivity contribution in [3.63, 3.8) is 0 Å². The first-order valence-corrected chi connectivity index (χ1v) is 23.1. The van der Waals surface area contributed by atoms with Crippen LogP contribution >= 0.6 is 8.25 Å². The van der Waals surface area contributed by atoms with E-state index in [4.69, 9.17) is 28.3 Å². The van der Waals surface area contributed by atoms with Crippen molar-refractivity contribution in [3.05, 3.63) is 0 Å². The maximum Gasteiger partial charge on any atom is 1.00 e. The predicted molar refractivity (Wildman–Crippen MR) is 216 cm³/mol. The molecule has 0 aromatic carbocycles. The van der Waals surface area contributed by atoms with Crippen molar-refractivity contribution in [2.45, 2.75) is 225 Å². The number of aliphatic hydroxyl groups excluding tert-OH is 2. The van der Waals surface area contributed by atoms with Gasteiger partial charge in [-0.25, -0.2) is 0 Å². The fraction of sp³-hybridized carbons (Fsp3) is 0.952. The van der Waals surface area contributed by atoms with Gasteiger partial charge in [-0.1, -0.05) is 175 Å². The van der Waals surface area contributed by atoms with Gasteiger partial charge in [-0.15, -0.1) is 4.52 Å². The molecule has 0 radical (unpaired) electrons. The SMILES string of the molecule is CCCCCCCCCCCCCCCC(=O)OCC(CO[P+](=O)OOCC(O)COCC(O)CC)OC(=O)CCCCCCCCCCCCCCC.[H-].[Na+]. The summed E-state index contributed by atoms with van der Waals surface area (Å²) in [5.41, 5.74) is 0. The first-order chi connectivity index (χ1) is 26.3. The van der Waals surface area contributed by atoms with Crippen molar-refractivity contribution in [2.24, 2.45) is 0 Å². The molecule has 13 heteroatoms. The van der Waals surface area contributed by atoms with Crippen LogP contribution in [0.5, 0.6) is 0 Å². The summed E-state index contributed by atoms with van der Waals surface area (Å²) in [5, 5.41) is 19.4. The van der Waals surface area contributed by atoms with E-state index in [0.717, 1.165) is 38.5 Å². The number of unbranched alkanes of at least 4 members (excludes halogenated alkanes) is 24. The molecule has 0 aromatic rings. The number of hydrogen-bond acceptors (Lipinski definition) is 11. The summed E-state index contributed by atoms with van der Waals surface area (Å²) in [6, 6.07) is 0. The quantitative estimate of drug-likeness (QED) is 0.0153. The van der Waals surface area contributed by atoms with E-state index in [1.807, 2.05) is 6.92 Å². The molecular formula is C42H83NaO11P+. The Morgan fingerprint density at radius 3 is 1.36 bits per heavy atom. The molecule has 4 atom stereocenters. The molecule has 0 saturated heterocycles. The number of rotatable bonds is 43. The Kier molecular flexibility index (Phi) is 46.4. The molecule has 0 fully saturated rings. The molecule has 0 saturated carbocycles. The average molecular weight is 818 g/mol. The molecule has 11 nitrogen and oxygen atoms in total. The molecule has 0 bridgehead atoms. The minimum Gasteiger partial charge on any atom is -1.00 e. The van der Waals surface area contributed by atoms with Crippen LogP contribution in [-0.4, -0.2) is 73.5 Å². The van der Waals surface area contributed by atoms with E-state index in [1.165, 1.54) is 122 Å². The summed E-state index contributed by atoms with van der Waals surface area (Å²) in [6.45, 7) is 5.41. The Labute approximate surface area is 360 Å². The Morgan fingerprint density at radius 2 is 0.927 bits per heavy atom. The van der Waals surface area contributed by atoms with Crippen LogP contribution < -0.4 is 29.6 Å².